The highest BCUT2D eigenvalue weighted by Gasteiger charge is 1.97. The van der Waals surface area contributed by atoms with E-state index in [2.05, 4.69) is 29.8 Å². The Morgan fingerprint density at radius 2 is 1.71 bits per heavy atom. The van der Waals surface area contributed by atoms with Crippen LogP contribution >= 0.6 is 11.8 Å². The van der Waals surface area contributed by atoms with Crippen LogP contribution < -0.4 is 0 Å². The molecular weight excluding hydrogens is 226 g/mol. The summed E-state index contributed by atoms with van der Waals surface area (Å²) in [5.74, 6) is 6.39. The third-order valence-electron chi connectivity index (χ3n) is 2.44. The van der Waals surface area contributed by atoms with Gasteiger partial charge in [0.25, 0.3) is 0 Å². The zero-order valence-electron chi connectivity index (χ0n) is 9.90. The minimum Gasteiger partial charge on any atom is -0.249 e. The predicted octanol–water partition coefficient (Wildman–Crippen LogP) is 3.51. The van der Waals surface area contributed by atoms with Crippen LogP contribution in [0.15, 0.2) is 47.6 Å². The van der Waals surface area contributed by atoms with Crippen LogP contribution in [0.25, 0.3) is 0 Å². The number of benzene rings is 1. The van der Waals surface area contributed by atoms with Gasteiger partial charge in [-0.25, -0.2) is 4.98 Å². The Morgan fingerprint density at radius 3 is 2.47 bits per heavy atom. The second-order valence-electron chi connectivity index (χ2n) is 3.63. The van der Waals surface area contributed by atoms with Crippen molar-refractivity contribution >= 4 is 11.8 Å². The van der Waals surface area contributed by atoms with Gasteiger partial charge in [0.15, 0.2) is 0 Å². The average Bonchev–Trinajstić information content (AvgIpc) is 2.38. The lowest BCUT2D eigenvalue weighted by molar-refractivity contribution is 1.12. The second-order valence-corrected chi connectivity index (χ2v) is 4.42. The smallest absolute Gasteiger partial charge is 0.111 e. The first-order chi connectivity index (χ1) is 8.31. The fourth-order valence-corrected chi connectivity index (χ4v) is 2.00. The Hall–Kier alpha value is -1.72. The third kappa shape index (κ3) is 2.89. The molecule has 0 spiro atoms. The summed E-state index contributed by atoms with van der Waals surface area (Å²) < 4.78 is 0. The van der Waals surface area contributed by atoms with Crippen molar-refractivity contribution in [1.29, 1.82) is 0 Å². The van der Waals surface area contributed by atoms with E-state index < -0.39 is 0 Å². The molecule has 0 N–H and O–H groups in total. The van der Waals surface area contributed by atoms with E-state index in [-0.39, 0.29) is 0 Å². The molecule has 0 radical (unpaired) electrons. The SMILES string of the molecule is CSc1ncccc1C#Cc1ccccc1C. The predicted molar refractivity (Wildman–Crippen MR) is 73.2 cm³/mol. The lowest BCUT2D eigenvalue weighted by Crippen LogP contribution is -1.85. The fraction of sp³-hybridized carbons (Fsp3) is 0.133. The Bertz CT molecular complexity index is 579. The number of nitrogens with zero attached hydrogens (tertiary/aromatic N) is 1. The first kappa shape index (κ1) is 11.8. The normalized spacial score (nSPS) is 9.53. The highest BCUT2D eigenvalue weighted by atomic mass is 32.2. The topological polar surface area (TPSA) is 12.9 Å². The molecule has 17 heavy (non-hydrogen) atoms. The highest BCUT2D eigenvalue weighted by Crippen LogP contribution is 2.15. The summed E-state index contributed by atoms with van der Waals surface area (Å²) in [5.41, 5.74) is 3.27. The largest absolute Gasteiger partial charge is 0.249 e. The van der Waals surface area contributed by atoms with Crippen molar-refractivity contribution in [2.45, 2.75) is 11.9 Å². The average molecular weight is 239 g/mol. The van der Waals surface area contributed by atoms with Crippen molar-refractivity contribution in [3.63, 3.8) is 0 Å². The number of aromatic nitrogens is 1. The molecule has 0 aliphatic rings. The zero-order chi connectivity index (χ0) is 12.1. The Balaban J connectivity index is 2.37. The number of pyridine rings is 1. The van der Waals surface area contributed by atoms with Gasteiger partial charge in [0.1, 0.15) is 5.03 Å². The lowest BCUT2D eigenvalue weighted by atomic mass is 10.1. The van der Waals surface area contributed by atoms with E-state index in [4.69, 9.17) is 0 Å². The molecule has 0 aliphatic carbocycles. The molecule has 0 bridgehead atoms. The number of aryl methyl sites for hydroxylation is 1. The van der Waals surface area contributed by atoms with Gasteiger partial charge in [-0.2, -0.15) is 0 Å². The number of rotatable bonds is 1. The van der Waals surface area contributed by atoms with E-state index in [9.17, 15) is 0 Å². The summed E-state index contributed by atoms with van der Waals surface area (Å²) >= 11 is 1.62. The van der Waals surface area contributed by atoms with E-state index in [1.807, 2.05) is 36.6 Å². The number of hydrogen-bond donors (Lipinski definition) is 0. The molecule has 0 fully saturated rings. The van der Waals surface area contributed by atoms with E-state index in [1.54, 1.807) is 18.0 Å². The molecule has 0 atom stereocenters. The van der Waals surface area contributed by atoms with Crippen LogP contribution in [0.1, 0.15) is 16.7 Å². The van der Waals surface area contributed by atoms with Crippen LogP contribution in [0.4, 0.5) is 0 Å². The summed E-state index contributed by atoms with van der Waals surface area (Å²) in [6, 6.07) is 12.1. The molecule has 0 aliphatic heterocycles. The monoisotopic (exact) mass is 239 g/mol. The molecule has 0 amide bonds. The van der Waals surface area contributed by atoms with Crippen LogP contribution in [0, 0.1) is 18.8 Å². The maximum Gasteiger partial charge on any atom is 0.111 e. The van der Waals surface area contributed by atoms with Gasteiger partial charge in [-0.3, -0.25) is 0 Å². The Kier molecular flexibility index (Phi) is 3.85. The van der Waals surface area contributed by atoms with Crippen molar-refractivity contribution in [1.82, 2.24) is 4.98 Å². The summed E-state index contributed by atoms with van der Waals surface area (Å²) in [7, 11) is 0. The molecule has 2 heteroatoms. The summed E-state index contributed by atoms with van der Waals surface area (Å²) in [6.07, 6.45) is 3.81. The molecule has 0 saturated heterocycles. The minimum atomic E-state index is 0.980. The van der Waals surface area contributed by atoms with Crippen LogP contribution in [0.2, 0.25) is 0 Å². The van der Waals surface area contributed by atoms with Crippen LogP contribution in [-0.2, 0) is 0 Å². The molecule has 1 heterocycles. The second kappa shape index (κ2) is 5.56. The Labute approximate surface area is 106 Å². The van der Waals surface area contributed by atoms with Gasteiger partial charge in [-0.15, -0.1) is 11.8 Å². The van der Waals surface area contributed by atoms with Crippen molar-refractivity contribution in [2.75, 3.05) is 6.26 Å². The quantitative estimate of drug-likeness (QED) is 0.558. The van der Waals surface area contributed by atoms with Gasteiger partial charge in [-0.05, 0) is 36.9 Å². The maximum atomic E-state index is 4.29. The molecule has 0 saturated carbocycles. The summed E-state index contributed by atoms with van der Waals surface area (Å²) in [5, 5.41) is 0.980. The van der Waals surface area contributed by atoms with Gasteiger partial charge in [-0.1, -0.05) is 30.0 Å². The van der Waals surface area contributed by atoms with Gasteiger partial charge in [0.05, 0.1) is 5.56 Å². The highest BCUT2D eigenvalue weighted by molar-refractivity contribution is 7.98. The first-order valence-corrected chi connectivity index (χ1v) is 6.60. The molecule has 2 aromatic rings. The first-order valence-electron chi connectivity index (χ1n) is 5.38. The van der Waals surface area contributed by atoms with Crippen LogP contribution in [0.3, 0.4) is 0 Å². The van der Waals surface area contributed by atoms with Crippen molar-refractivity contribution in [2.24, 2.45) is 0 Å². The van der Waals surface area contributed by atoms with Crippen molar-refractivity contribution in [3.8, 4) is 11.8 Å². The molecule has 0 unspecified atom stereocenters. The van der Waals surface area contributed by atoms with Crippen molar-refractivity contribution < 1.29 is 0 Å². The minimum absolute atomic E-state index is 0.980. The maximum absolute atomic E-state index is 4.29. The standard InChI is InChI=1S/C15H13NS/c1-12-6-3-4-7-13(12)9-10-14-8-5-11-16-15(14)17-2/h3-8,11H,1-2H3. The van der Waals surface area contributed by atoms with E-state index >= 15 is 0 Å². The zero-order valence-corrected chi connectivity index (χ0v) is 10.7. The fourth-order valence-electron chi connectivity index (χ4n) is 1.50. The molecule has 1 aromatic heterocycles. The molecule has 1 aromatic carbocycles. The van der Waals surface area contributed by atoms with Gasteiger partial charge < -0.3 is 0 Å². The summed E-state index contributed by atoms with van der Waals surface area (Å²) in [6.45, 7) is 2.07. The summed E-state index contributed by atoms with van der Waals surface area (Å²) in [4.78, 5) is 4.29. The van der Waals surface area contributed by atoms with E-state index in [0.29, 0.717) is 0 Å². The van der Waals surface area contributed by atoms with Crippen LogP contribution in [0.5, 0.6) is 0 Å². The lowest BCUT2D eigenvalue weighted by Gasteiger charge is -1.98. The molecule has 84 valence electrons. The third-order valence-corrected chi connectivity index (χ3v) is 3.15. The molecule has 1 nitrogen and oxygen atoms in total. The van der Waals surface area contributed by atoms with E-state index in [0.717, 1.165) is 16.2 Å². The van der Waals surface area contributed by atoms with Gasteiger partial charge >= 0.3 is 0 Å². The van der Waals surface area contributed by atoms with Gasteiger partial charge in [0.2, 0.25) is 0 Å². The van der Waals surface area contributed by atoms with Gasteiger partial charge in [0, 0.05) is 11.8 Å². The molecule has 2 rings (SSSR count). The Morgan fingerprint density at radius 1 is 1.00 bits per heavy atom. The van der Waals surface area contributed by atoms with E-state index in [1.165, 1.54) is 5.56 Å². The molecular formula is C15H13NS. The van der Waals surface area contributed by atoms with Crippen LogP contribution in [-0.4, -0.2) is 11.2 Å². The number of hydrogen-bond acceptors (Lipinski definition) is 2. The van der Waals surface area contributed by atoms with Crippen molar-refractivity contribution in [3.05, 3.63) is 59.3 Å². The number of thioether (sulfide) groups is 1.